The van der Waals surface area contributed by atoms with Gasteiger partial charge in [0.15, 0.2) is 0 Å². The summed E-state index contributed by atoms with van der Waals surface area (Å²) in [6, 6.07) is 2.13. The fourth-order valence-corrected chi connectivity index (χ4v) is 4.25. The molecule has 0 saturated carbocycles. The van der Waals surface area contributed by atoms with E-state index in [1.165, 1.54) is 4.88 Å². The minimum absolute atomic E-state index is 0.0317. The maximum absolute atomic E-state index is 12.1. The van der Waals surface area contributed by atoms with Crippen LogP contribution in [0.15, 0.2) is 15.9 Å². The standard InChI is InChI=1S/C13H20BrN3OS/c1-8(15)11(10-6-9(14)7-19-10)17-5-4-16-12(18)13(17,2)3/h6-8,11H,4-5,15H2,1-3H3,(H,16,18). The number of nitrogens with zero attached hydrogens (tertiary/aromatic N) is 1. The number of piperazine rings is 1. The van der Waals surface area contributed by atoms with Crippen molar-refractivity contribution in [3.05, 3.63) is 20.8 Å². The summed E-state index contributed by atoms with van der Waals surface area (Å²) in [6.07, 6.45) is 0. The third-order valence-electron chi connectivity index (χ3n) is 3.63. The quantitative estimate of drug-likeness (QED) is 0.881. The van der Waals surface area contributed by atoms with Gasteiger partial charge in [-0.2, -0.15) is 0 Å². The summed E-state index contributed by atoms with van der Waals surface area (Å²) in [5, 5.41) is 4.98. The van der Waals surface area contributed by atoms with Gasteiger partial charge in [0.1, 0.15) is 0 Å². The second-order valence-corrected chi connectivity index (χ2v) is 7.34. The number of hydrogen-bond acceptors (Lipinski definition) is 4. The van der Waals surface area contributed by atoms with Crippen LogP contribution in [0.1, 0.15) is 31.7 Å². The predicted octanol–water partition coefficient (Wildman–Crippen LogP) is 2.11. The van der Waals surface area contributed by atoms with Gasteiger partial charge in [-0.3, -0.25) is 9.69 Å². The van der Waals surface area contributed by atoms with Crippen LogP contribution in [0.4, 0.5) is 0 Å². The van der Waals surface area contributed by atoms with Crippen molar-refractivity contribution in [2.45, 2.75) is 38.4 Å². The van der Waals surface area contributed by atoms with E-state index in [0.29, 0.717) is 6.54 Å². The molecule has 0 spiro atoms. The highest BCUT2D eigenvalue weighted by molar-refractivity contribution is 9.10. The van der Waals surface area contributed by atoms with Crippen LogP contribution in [-0.2, 0) is 4.79 Å². The van der Waals surface area contributed by atoms with Crippen LogP contribution in [0.25, 0.3) is 0 Å². The molecule has 0 bridgehead atoms. The summed E-state index contributed by atoms with van der Waals surface area (Å²) < 4.78 is 1.07. The number of thiophene rings is 1. The Morgan fingerprint density at radius 1 is 1.58 bits per heavy atom. The Morgan fingerprint density at radius 2 is 2.26 bits per heavy atom. The van der Waals surface area contributed by atoms with Crippen LogP contribution in [0.3, 0.4) is 0 Å². The zero-order valence-electron chi connectivity index (χ0n) is 11.4. The number of amides is 1. The maximum atomic E-state index is 12.1. The third kappa shape index (κ3) is 2.86. The van der Waals surface area contributed by atoms with Crippen LogP contribution >= 0.6 is 27.3 Å². The van der Waals surface area contributed by atoms with Crippen LogP contribution in [0.2, 0.25) is 0 Å². The molecule has 0 aromatic carbocycles. The predicted molar refractivity (Wildman–Crippen MR) is 82.2 cm³/mol. The van der Waals surface area contributed by atoms with Crippen molar-refractivity contribution >= 4 is 33.2 Å². The lowest BCUT2D eigenvalue weighted by Gasteiger charge is -2.46. The van der Waals surface area contributed by atoms with Gasteiger partial charge in [0, 0.05) is 33.9 Å². The Morgan fingerprint density at radius 3 is 2.79 bits per heavy atom. The zero-order chi connectivity index (χ0) is 14.2. The molecule has 2 heterocycles. The Labute approximate surface area is 126 Å². The van der Waals surface area contributed by atoms with E-state index in [-0.39, 0.29) is 18.0 Å². The molecule has 1 amide bonds. The largest absolute Gasteiger partial charge is 0.353 e. The summed E-state index contributed by atoms with van der Waals surface area (Å²) >= 11 is 5.17. The van der Waals surface area contributed by atoms with E-state index in [1.54, 1.807) is 11.3 Å². The van der Waals surface area contributed by atoms with Gasteiger partial charge in [0.05, 0.1) is 11.6 Å². The molecule has 2 rings (SSSR count). The number of rotatable bonds is 3. The SMILES string of the molecule is CC(N)C(c1cc(Br)cs1)N1CCNC(=O)C1(C)C. The normalized spacial score (nSPS) is 22.9. The van der Waals surface area contributed by atoms with E-state index in [9.17, 15) is 4.79 Å². The summed E-state index contributed by atoms with van der Waals surface area (Å²) in [5.41, 5.74) is 5.66. The van der Waals surface area contributed by atoms with Crippen molar-refractivity contribution in [3.63, 3.8) is 0 Å². The molecule has 3 N–H and O–H groups in total. The van der Waals surface area contributed by atoms with Crippen molar-refractivity contribution in [2.75, 3.05) is 13.1 Å². The molecule has 0 aliphatic carbocycles. The summed E-state index contributed by atoms with van der Waals surface area (Å²) in [6.45, 7) is 7.42. The van der Waals surface area contributed by atoms with Crippen LogP contribution < -0.4 is 11.1 Å². The van der Waals surface area contributed by atoms with Crippen LogP contribution in [0.5, 0.6) is 0 Å². The van der Waals surface area contributed by atoms with E-state index >= 15 is 0 Å². The monoisotopic (exact) mass is 345 g/mol. The number of carbonyl (C=O) groups excluding carboxylic acids is 1. The molecule has 0 radical (unpaired) electrons. The second-order valence-electron chi connectivity index (χ2n) is 5.48. The number of nitrogens with two attached hydrogens (primary N) is 1. The van der Waals surface area contributed by atoms with Crippen LogP contribution in [0, 0.1) is 0 Å². The first-order chi connectivity index (χ1) is 8.84. The van der Waals surface area contributed by atoms with E-state index in [2.05, 4.69) is 37.6 Å². The average molecular weight is 346 g/mol. The number of halogens is 1. The lowest BCUT2D eigenvalue weighted by atomic mass is 9.93. The molecule has 106 valence electrons. The molecule has 1 saturated heterocycles. The highest BCUT2D eigenvalue weighted by Gasteiger charge is 2.43. The lowest BCUT2D eigenvalue weighted by molar-refractivity contribution is -0.137. The van der Waals surface area contributed by atoms with Gasteiger partial charge in [-0.05, 0) is 42.8 Å². The molecule has 1 fully saturated rings. The van der Waals surface area contributed by atoms with Crippen molar-refractivity contribution in [1.29, 1.82) is 0 Å². The highest BCUT2D eigenvalue weighted by Crippen LogP contribution is 2.36. The second kappa shape index (κ2) is 5.52. The van der Waals surface area contributed by atoms with Gasteiger partial charge in [-0.15, -0.1) is 11.3 Å². The lowest BCUT2D eigenvalue weighted by Crippen LogP contribution is -2.64. The van der Waals surface area contributed by atoms with Gasteiger partial charge in [0.2, 0.25) is 5.91 Å². The van der Waals surface area contributed by atoms with Crippen molar-refractivity contribution in [1.82, 2.24) is 10.2 Å². The topological polar surface area (TPSA) is 58.4 Å². The molecule has 4 nitrogen and oxygen atoms in total. The van der Waals surface area contributed by atoms with Gasteiger partial charge < -0.3 is 11.1 Å². The van der Waals surface area contributed by atoms with E-state index in [4.69, 9.17) is 5.73 Å². The molecule has 1 aromatic rings. The van der Waals surface area contributed by atoms with Crippen molar-refractivity contribution in [3.8, 4) is 0 Å². The van der Waals surface area contributed by atoms with E-state index in [1.807, 2.05) is 20.8 Å². The molecule has 1 aliphatic rings. The minimum Gasteiger partial charge on any atom is -0.353 e. The molecule has 1 aliphatic heterocycles. The summed E-state index contributed by atoms with van der Waals surface area (Å²) in [7, 11) is 0. The van der Waals surface area contributed by atoms with Crippen molar-refractivity contribution < 1.29 is 4.79 Å². The molecule has 19 heavy (non-hydrogen) atoms. The Kier molecular flexibility index (Phi) is 4.35. The Balaban J connectivity index is 2.36. The molecule has 2 atom stereocenters. The minimum atomic E-state index is -0.535. The highest BCUT2D eigenvalue weighted by atomic mass is 79.9. The average Bonchev–Trinajstić information content (AvgIpc) is 2.71. The van der Waals surface area contributed by atoms with Gasteiger partial charge in [0.25, 0.3) is 0 Å². The zero-order valence-corrected chi connectivity index (χ0v) is 13.8. The Bertz CT molecular complexity index is 472. The fourth-order valence-electron chi connectivity index (χ4n) is 2.58. The summed E-state index contributed by atoms with van der Waals surface area (Å²) in [4.78, 5) is 15.5. The molecule has 1 aromatic heterocycles. The first kappa shape index (κ1) is 15.0. The van der Waals surface area contributed by atoms with Crippen LogP contribution in [-0.4, -0.2) is 35.5 Å². The molecule has 2 unspecified atom stereocenters. The molecule has 6 heteroatoms. The van der Waals surface area contributed by atoms with E-state index < -0.39 is 5.54 Å². The number of hydrogen-bond donors (Lipinski definition) is 2. The smallest absolute Gasteiger partial charge is 0.240 e. The number of carbonyl (C=O) groups is 1. The third-order valence-corrected chi connectivity index (χ3v) is 5.39. The van der Waals surface area contributed by atoms with Gasteiger partial charge in [-0.25, -0.2) is 0 Å². The first-order valence-electron chi connectivity index (χ1n) is 6.38. The van der Waals surface area contributed by atoms with Gasteiger partial charge in [-0.1, -0.05) is 0 Å². The van der Waals surface area contributed by atoms with Gasteiger partial charge >= 0.3 is 0 Å². The van der Waals surface area contributed by atoms with E-state index in [0.717, 1.165) is 11.0 Å². The molecular weight excluding hydrogens is 326 g/mol. The summed E-state index contributed by atoms with van der Waals surface area (Å²) in [5.74, 6) is 0.0695. The maximum Gasteiger partial charge on any atom is 0.240 e. The molecular formula is C13H20BrN3OS. The Hall–Kier alpha value is -0.430. The first-order valence-corrected chi connectivity index (χ1v) is 8.06. The van der Waals surface area contributed by atoms with Crippen molar-refractivity contribution in [2.24, 2.45) is 5.73 Å². The number of nitrogens with one attached hydrogen (secondary N) is 1. The fraction of sp³-hybridized carbons (Fsp3) is 0.615.